The highest BCUT2D eigenvalue weighted by molar-refractivity contribution is 6.20. The summed E-state index contributed by atoms with van der Waals surface area (Å²) in [6.07, 6.45) is 0.843. The molecule has 0 bridgehead atoms. The smallest absolute Gasteiger partial charge is 0.194 e. The second-order valence-corrected chi connectivity index (χ2v) is 9.13. The number of carbonyl (C=O) groups excluding carboxylic acids is 2. The van der Waals surface area contributed by atoms with E-state index in [0.717, 1.165) is 6.42 Å². The molecule has 3 aromatic rings. The third-order valence-corrected chi connectivity index (χ3v) is 6.93. The average Bonchev–Trinajstić information content (AvgIpc) is 2.78. The number of hydrogen-bond acceptors (Lipinski definition) is 3. The van der Waals surface area contributed by atoms with E-state index in [4.69, 9.17) is 0 Å². The van der Waals surface area contributed by atoms with E-state index in [-0.39, 0.29) is 28.3 Å². The largest absolute Gasteiger partial charge is 0.508 e. The van der Waals surface area contributed by atoms with Crippen LogP contribution in [-0.2, 0) is 5.41 Å². The van der Waals surface area contributed by atoms with Crippen LogP contribution < -0.4 is 0 Å². The Morgan fingerprint density at radius 2 is 1.23 bits per heavy atom. The fraction of sp³-hybridized carbons (Fsp3) is 0.286. The average molecular weight is 415 g/mol. The molecule has 0 saturated carbocycles. The molecule has 31 heavy (non-hydrogen) atoms. The SMILES string of the molecule is CCC(C)(C)C(C)(C)c1c(O)ccc(C(=O)c2ccccc2)c1C(=O)c1ccccc1. The number of hydrogen-bond donors (Lipinski definition) is 1. The van der Waals surface area contributed by atoms with Crippen LogP contribution in [-0.4, -0.2) is 16.7 Å². The molecule has 0 aromatic heterocycles. The number of phenols is 1. The third kappa shape index (κ3) is 4.05. The van der Waals surface area contributed by atoms with Crippen molar-refractivity contribution in [2.75, 3.05) is 0 Å². The van der Waals surface area contributed by atoms with Crippen LogP contribution in [0.5, 0.6) is 5.75 Å². The molecule has 0 saturated heterocycles. The van der Waals surface area contributed by atoms with Crippen molar-refractivity contribution in [3.05, 3.63) is 101 Å². The molecule has 3 nitrogen and oxygen atoms in total. The highest BCUT2D eigenvalue weighted by Gasteiger charge is 2.42. The lowest BCUT2D eigenvalue weighted by Gasteiger charge is -2.43. The van der Waals surface area contributed by atoms with E-state index in [9.17, 15) is 14.7 Å². The molecule has 3 rings (SSSR count). The highest BCUT2D eigenvalue weighted by Crippen LogP contribution is 2.49. The Morgan fingerprint density at radius 3 is 1.71 bits per heavy atom. The Balaban J connectivity index is 2.36. The number of carbonyl (C=O) groups is 2. The molecule has 0 fully saturated rings. The molecule has 0 aliphatic rings. The fourth-order valence-corrected chi connectivity index (χ4v) is 3.91. The lowest BCUT2D eigenvalue weighted by molar-refractivity contribution is 0.0997. The first-order chi connectivity index (χ1) is 14.6. The Hall–Kier alpha value is -3.20. The fourth-order valence-electron chi connectivity index (χ4n) is 3.91. The zero-order valence-corrected chi connectivity index (χ0v) is 18.9. The van der Waals surface area contributed by atoms with Crippen LogP contribution >= 0.6 is 0 Å². The van der Waals surface area contributed by atoms with Crippen molar-refractivity contribution >= 4 is 11.6 Å². The summed E-state index contributed by atoms with van der Waals surface area (Å²) in [5, 5.41) is 11.0. The van der Waals surface area contributed by atoms with Gasteiger partial charge in [-0.1, -0.05) is 102 Å². The van der Waals surface area contributed by atoms with Crippen molar-refractivity contribution in [1.29, 1.82) is 0 Å². The third-order valence-electron chi connectivity index (χ3n) is 6.93. The second-order valence-electron chi connectivity index (χ2n) is 9.13. The standard InChI is InChI=1S/C28H30O3/c1-6-27(2,3)28(4,5)24-22(29)18-17-21(25(30)19-13-9-7-10-14-19)23(24)26(31)20-15-11-8-12-16-20/h7-18,29H,6H2,1-5H3. The van der Waals surface area contributed by atoms with Crippen molar-refractivity contribution in [2.24, 2.45) is 5.41 Å². The normalized spacial score (nSPS) is 11.9. The van der Waals surface area contributed by atoms with Gasteiger partial charge in [-0.2, -0.15) is 0 Å². The van der Waals surface area contributed by atoms with E-state index >= 15 is 0 Å². The maximum atomic E-state index is 13.8. The predicted octanol–water partition coefficient (Wildman–Crippen LogP) is 6.57. The van der Waals surface area contributed by atoms with Crippen LogP contribution in [0.3, 0.4) is 0 Å². The van der Waals surface area contributed by atoms with Crippen LogP contribution in [0.15, 0.2) is 72.8 Å². The van der Waals surface area contributed by atoms with Gasteiger partial charge in [0.2, 0.25) is 0 Å². The minimum atomic E-state index is -0.571. The molecule has 0 heterocycles. The Bertz CT molecular complexity index is 1090. The molecule has 3 heteroatoms. The maximum absolute atomic E-state index is 13.8. The Morgan fingerprint density at radius 1 is 0.742 bits per heavy atom. The van der Waals surface area contributed by atoms with Crippen LogP contribution in [0.4, 0.5) is 0 Å². The van der Waals surface area contributed by atoms with Crippen LogP contribution in [0.1, 0.15) is 78.4 Å². The molecule has 0 amide bonds. The summed E-state index contributed by atoms with van der Waals surface area (Å²) in [5.41, 5.74) is 1.31. The van der Waals surface area contributed by atoms with Crippen molar-refractivity contribution in [3.63, 3.8) is 0 Å². The van der Waals surface area contributed by atoms with Gasteiger partial charge in [0, 0.05) is 27.8 Å². The number of rotatable bonds is 7. The summed E-state index contributed by atoms with van der Waals surface area (Å²) in [6, 6.07) is 21.0. The molecular formula is C28H30O3. The highest BCUT2D eigenvalue weighted by atomic mass is 16.3. The van der Waals surface area contributed by atoms with Gasteiger partial charge in [-0.05, 0) is 23.0 Å². The summed E-state index contributed by atoms with van der Waals surface area (Å²) >= 11 is 0. The number of aromatic hydroxyl groups is 1. The Kier molecular flexibility index (Phi) is 6.17. The van der Waals surface area contributed by atoms with Gasteiger partial charge in [0.05, 0.1) is 0 Å². The topological polar surface area (TPSA) is 54.4 Å². The van der Waals surface area contributed by atoms with Gasteiger partial charge < -0.3 is 5.11 Å². The summed E-state index contributed by atoms with van der Waals surface area (Å²) < 4.78 is 0. The van der Waals surface area contributed by atoms with Crippen molar-refractivity contribution in [2.45, 2.75) is 46.5 Å². The van der Waals surface area contributed by atoms with Crippen LogP contribution in [0, 0.1) is 5.41 Å². The zero-order valence-electron chi connectivity index (χ0n) is 18.9. The van der Waals surface area contributed by atoms with E-state index in [1.807, 2.05) is 26.0 Å². The summed E-state index contributed by atoms with van der Waals surface area (Å²) in [5.74, 6) is -0.451. The van der Waals surface area contributed by atoms with Crippen molar-refractivity contribution in [3.8, 4) is 5.75 Å². The quantitative estimate of drug-likeness (QED) is 0.445. The van der Waals surface area contributed by atoms with Crippen molar-refractivity contribution in [1.82, 2.24) is 0 Å². The van der Waals surface area contributed by atoms with Crippen LogP contribution in [0.2, 0.25) is 0 Å². The molecule has 1 N–H and O–H groups in total. The lowest BCUT2D eigenvalue weighted by atomic mass is 9.61. The minimum absolute atomic E-state index is 0.0374. The van der Waals surface area contributed by atoms with Gasteiger partial charge in [-0.15, -0.1) is 0 Å². The number of ketones is 2. The van der Waals surface area contributed by atoms with Gasteiger partial charge in [0.15, 0.2) is 11.6 Å². The van der Waals surface area contributed by atoms with Gasteiger partial charge >= 0.3 is 0 Å². The zero-order chi connectivity index (χ0) is 22.8. The number of phenolic OH excluding ortho intramolecular Hbond substituents is 1. The lowest BCUT2D eigenvalue weighted by Crippen LogP contribution is -2.38. The van der Waals surface area contributed by atoms with Gasteiger partial charge in [0.1, 0.15) is 5.75 Å². The van der Waals surface area contributed by atoms with E-state index in [2.05, 4.69) is 20.8 Å². The van der Waals surface area contributed by atoms with Gasteiger partial charge in [-0.3, -0.25) is 9.59 Å². The van der Waals surface area contributed by atoms with E-state index in [1.165, 1.54) is 0 Å². The summed E-state index contributed by atoms with van der Waals surface area (Å²) in [6.45, 7) is 10.4. The molecule has 0 aliphatic heterocycles. The maximum Gasteiger partial charge on any atom is 0.194 e. The summed E-state index contributed by atoms with van der Waals surface area (Å²) in [7, 11) is 0. The van der Waals surface area contributed by atoms with Gasteiger partial charge in [-0.25, -0.2) is 0 Å². The second kappa shape index (κ2) is 8.50. The molecule has 3 aromatic carbocycles. The first-order valence-electron chi connectivity index (χ1n) is 10.7. The molecule has 160 valence electrons. The van der Waals surface area contributed by atoms with Crippen LogP contribution in [0.25, 0.3) is 0 Å². The predicted molar refractivity (Wildman–Crippen MR) is 125 cm³/mol. The van der Waals surface area contributed by atoms with Gasteiger partial charge in [0.25, 0.3) is 0 Å². The molecular weight excluding hydrogens is 384 g/mol. The molecule has 0 atom stereocenters. The van der Waals surface area contributed by atoms with Crippen molar-refractivity contribution < 1.29 is 14.7 Å². The summed E-state index contributed by atoms with van der Waals surface area (Å²) in [4.78, 5) is 27.3. The molecule has 0 spiro atoms. The van der Waals surface area contributed by atoms with E-state index in [0.29, 0.717) is 22.3 Å². The molecule has 0 radical (unpaired) electrons. The first kappa shape index (κ1) is 22.5. The first-order valence-corrected chi connectivity index (χ1v) is 10.7. The minimum Gasteiger partial charge on any atom is -0.508 e. The van der Waals surface area contributed by atoms with E-state index < -0.39 is 5.41 Å². The van der Waals surface area contributed by atoms with E-state index in [1.54, 1.807) is 60.7 Å². The Labute approximate surface area is 184 Å². The monoisotopic (exact) mass is 414 g/mol. The number of benzene rings is 3. The molecule has 0 aliphatic carbocycles. The molecule has 0 unspecified atom stereocenters.